The monoisotopic (exact) mass is 306 g/mol. The van der Waals surface area contributed by atoms with Gasteiger partial charge in [-0.1, -0.05) is 13.8 Å². The van der Waals surface area contributed by atoms with Crippen LogP contribution in [0.1, 0.15) is 78.6 Å². The van der Waals surface area contributed by atoms with Crippen LogP contribution in [0.25, 0.3) is 0 Å². The first-order chi connectivity index (χ1) is 10.3. The second-order valence-corrected chi connectivity index (χ2v) is 9.85. The maximum atomic E-state index is 10.9. The van der Waals surface area contributed by atoms with E-state index in [0.29, 0.717) is 5.41 Å². The minimum Gasteiger partial charge on any atom is -0.393 e. The first kappa shape index (κ1) is 15.4. The van der Waals surface area contributed by atoms with Crippen molar-refractivity contribution in [2.75, 3.05) is 0 Å². The molecule has 2 nitrogen and oxygen atoms in total. The smallest absolute Gasteiger partial charge is 0.0675 e. The molecule has 4 aliphatic carbocycles. The fraction of sp³-hybridized carbons (Fsp3) is 1.00. The minimum absolute atomic E-state index is 0.0457. The van der Waals surface area contributed by atoms with Gasteiger partial charge in [0.15, 0.2) is 0 Å². The van der Waals surface area contributed by atoms with Crippen molar-refractivity contribution in [3.63, 3.8) is 0 Å². The summed E-state index contributed by atoms with van der Waals surface area (Å²) in [6.07, 6.45) is 10.6. The molecule has 0 spiro atoms. The van der Waals surface area contributed by atoms with Crippen LogP contribution in [0.2, 0.25) is 0 Å². The van der Waals surface area contributed by atoms with Crippen LogP contribution in [-0.2, 0) is 0 Å². The molecule has 126 valence electrons. The zero-order valence-corrected chi connectivity index (χ0v) is 14.6. The summed E-state index contributed by atoms with van der Waals surface area (Å²) in [6.45, 7) is 7.01. The van der Waals surface area contributed by atoms with Crippen LogP contribution in [0, 0.1) is 34.5 Å². The molecule has 0 bridgehead atoms. The predicted molar refractivity (Wildman–Crippen MR) is 88.4 cm³/mol. The molecule has 0 unspecified atom stereocenters. The van der Waals surface area contributed by atoms with Gasteiger partial charge in [-0.15, -0.1) is 0 Å². The Morgan fingerprint density at radius 2 is 1.55 bits per heavy atom. The van der Waals surface area contributed by atoms with E-state index in [1.165, 1.54) is 38.5 Å². The van der Waals surface area contributed by atoms with Crippen molar-refractivity contribution in [1.82, 2.24) is 0 Å². The van der Waals surface area contributed by atoms with Crippen molar-refractivity contribution in [1.29, 1.82) is 0 Å². The SMILES string of the molecule is C[C@]12CC[C@@H](O)C[C@H]1CC[C@@H]1[C@H]2CC[C@@]2(C)[C@H]1CC[C@]2(C)O. The van der Waals surface area contributed by atoms with Gasteiger partial charge in [-0.05, 0) is 99.2 Å². The Kier molecular flexibility index (Phi) is 3.32. The molecule has 4 aliphatic rings. The summed E-state index contributed by atoms with van der Waals surface area (Å²) in [5.41, 5.74) is 0.145. The van der Waals surface area contributed by atoms with Gasteiger partial charge in [0.2, 0.25) is 0 Å². The fourth-order valence-corrected chi connectivity index (χ4v) is 7.48. The standard InChI is InChI=1S/C20H34O2/c1-18-9-6-14(21)12-13(18)4-5-15-16(18)7-10-19(2)17(15)8-11-20(19,3)22/h13-17,21-22H,4-12H2,1-3H3/t13-,14-,15-,16-,17+,18+,19+,20+/m1/s1. The van der Waals surface area contributed by atoms with Crippen molar-refractivity contribution in [2.24, 2.45) is 34.5 Å². The second kappa shape index (κ2) is 4.72. The number of aliphatic hydroxyl groups is 2. The average Bonchev–Trinajstić information content (AvgIpc) is 2.70. The summed E-state index contributed by atoms with van der Waals surface area (Å²) < 4.78 is 0. The molecule has 0 aromatic heterocycles. The first-order valence-corrected chi connectivity index (χ1v) is 9.68. The van der Waals surface area contributed by atoms with Crippen LogP contribution in [0.5, 0.6) is 0 Å². The van der Waals surface area contributed by atoms with Crippen LogP contribution >= 0.6 is 0 Å². The Balaban J connectivity index is 1.64. The molecule has 8 atom stereocenters. The normalized spacial score (nSPS) is 61.2. The molecule has 4 fully saturated rings. The van der Waals surface area contributed by atoms with Crippen molar-refractivity contribution in [3.05, 3.63) is 0 Å². The van der Waals surface area contributed by atoms with Gasteiger partial charge in [-0.3, -0.25) is 0 Å². The lowest BCUT2D eigenvalue weighted by Gasteiger charge is -2.61. The van der Waals surface area contributed by atoms with E-state index in [1.807, 2.05) is 0 Å². The van der Waals surface area contributed by atoms with E-state index in [4.69, 9.17) is 0 Å². The van der Waals surface area contributed by atoms with Gasteiger partial charge in [-0.25, -0.2) is 0 Å². The van der Waals surface area contributed by atoms with E-state index in [2.05, 4.69) is 20.8 Å². The van der Waals surface area contributed by atoms with Crippen LogP contribution in [0.4, 0.5) is 0 Å². The van der Waals surface area contributed by atoms with Crippen LogP contribution < -0.4 is 0 Å². The fourth-order valence-electron chi connectivity index (χ4n) is 7.48. The average molecular weight is 306 g/mol. The number of hydrogen-bond acceptors (Lipinski definition) is 2. The maximum absolute atomic E-state index is 10.9. The molecule has 0 aromatic rings. The van der Waals surface area contributed by atoms with E-state index in [1.54, 1.807) is 0 Å². The van der Waals surface area contributed by atoms with Gasteiger partial charge in [0.25, 0.3) is 0 Å². The molecule has 0 aromatic carbocycles. The third kappa shape index (κ3) is 1.86. The number of fused-ring (bicyclic) bond motifs is 5. The van der Waals surface area contributed by atoms with E-state index >= 15 is 0 Å². The predicted octanol–water partition coefficient (Wildman–Crippen LogP) is 4.14. The lowest BCUT2D eigenvalue weighted by Crippen LogP contribution is -2.56. The molecular weight excluding hydrogens is 272 g/mol. The first-order valence-electron chi connectivity index (χ1n) is 9.68. The van der Waals surface area contributed by atoms with Gasteiger partial charge in [0, 0.05) is 0 Å². The molecule has 0 radical (unpaired) electrons. The summed E-state index contributed by atoms with van der Waals surface area (Å²) in [5, 5.41) is 21.0. The van der Waals surface area contributed by atoms with Crippen LogP contribution in [0.3, 0.4) is 0 Å². The zero-order valence-electron chi connectivity index (χ0n) is 14.6. The van der Waals surface area contributed by atoms with Gasteiger partial charge >= 0.3 is 0 Å². The zero-order chi connectivity index (χ0) is 15.8. The topological polar surface area (TPSA) is 40.5 Å². The van der Waals surface area contributed by atoms with Crippen LogP contribution in [0.15, 0.2) is 0 Å². The third-order valence-corrected chi connectivity index (χ3v) is 9.20. The Morgan fingerprint density at radius 1 is 0.818 bits per heavy atom. The summed E-state index contributed by atoms with van der Waals surface area (Å²) in [7, 11) is 0. The van der Waals surface area contributed by atoms with Crippen LogP contribution in [-0.4, -0.2) is 21.9 Å². The largest absolute Gasteiger partial charge is 0.393 e. The Morgan fingerprint density at radius 3 is 2.32 bits per heavy atom. The lowest BCUT2D eigenvalue weighted by molar-refractivity contribution is -0.153. The van der Waals surface area contributed by atoms with Crippen molar-refractivity contribution in [2.45, 2.75) is 90.3 Å². The Bertz CT molecular complexity index is 459. The number of rotatable bonds is 0. The molecule has 0 saturated heterocycles. The lowest BCUT2D eigenvalue weighted by atomic mass is 9.44. The van der Waals surface area contributed by atoms with Gasteiger partial charge in [-0.2, -0.15) is 0 Å². The van der Waals surface area contributed by atoms with E-state index in [0.717, 1.165) is 42.9 Å². The van der Waals surface area contributed by atoms with Gasteiger partial charge in [0.05, 0.1) is 11.7 Å². The summed E-state index contributed by atoms with van der Waals surface area (Å²) >= 11 is 0. The summed E-state index contributed by atoms with van der Waals surface area (Å²) in [6, 6.07) is 0. The molecule has 4 rings (SSSR count). The molecule has 2 N–H and O–H groups in total. The maximum Gasteiger partial charge on any atom is 0.0675 e. The van der Waals surface area contributed by atoms with Crippen molar-refractivity contribution >= 4 is 0 Å². The van der Waals surface area contributed by atoms with Gasteiger partial charge in [0.1, 0.15) is 0 Å². The minimum atomic E-state index is -0.455. The Labute approximate surface area is 135 Å². The van der Waals surface area contributed by atoms with Crippen molar-refractivity contribution in [3.8, 4) is 0 Å². The highest BCUT2D eigenvalue weighted by Gasteiger charge is 2.63. The Hall–Kier alpha value is -0.0800. The molecule has 0 amide bonds. The molecule has 0 heterocycles. The highest BCUT2D eigenvalue weighted by Crippen LogP contribution is 2.68. The molecule has 22 heavy (non-hydrogen) atoms. The molecule has 2 heteroatoms. The quantitative estimate of drug-likeness (QED) is 0.706. The van der Waals surface area contributed by atoms with Gasteiger partial charge < -0.3 is 10.2 Å². The van der Waals surface area contributed by atoms with E-state index in [-0.39, 0.29) is 11.5 Å². The highest BCUT2D eigenvalue weighted by molar-refractivity contribution is 5.12. The number of hydrogen-bond donors (Lipinski definition) is 2. The van der Waals surface area contributed by atoms with Crippen molar-refractivity contribution < 1.29 is 10.2 Å². The summed E-state index contributed by atoms with van der Waals surface area (Å²) in [4.78, 5) is 0. The number of aliphatic hydroxyl groups excluding tert-OH is 1. The van der Waals surface area contributed by atoms with E-state index in [9.17, 15) is 10.2 Å². The third-order valence-electron chi connectivity index (χ3n) is 9.20. The second-order valence-electron chi connectivity index (χ2n) is 9.85. The highest BCUT2D eigenvalue weighted by atomic mass is 16.3. The molecular formula is C20H34O2. The van der Waals surface area contributed by atoms with E-state index < -0.39 is 5.60 Å². The molecule has 0 aliphatic heterocycles. The molecule has 4 saturated carbocycles. The summed E-state index contributed by atoms with van der Waals surface area (Å²) in [5.74, 6) is 3.13.